The number of rotatable bonds is 3. The van der Waals surface area contributed by atoms with Crippen LogP contribution in [0.3, 0.4) is 0 Å². The summed E-state index contributed by atoms with van der Waals surface area (Å²) < 4.78 is 12.4. The van der Waals surface area contributed by atoms with Crippen LogP contribution in [0.2, 0.25) is 0 Å². The van der Waals surface area contributed by atoms with Crippen LogP contribution >= 0.6 is 0 Å². The van der Waals surface area contributed by atoms with E-state index in [1.54, 1.807) is 19.0 Å². The van der Waals surface area contributed by atoms with Crippen LogP contribution in [0.25, 0.3) is 0 Å². The molecule has 1 aromatic carbocycles. The Morgan fingerprint density at radius 2 is 1.59 bits per heavy atom. The van der Waals surface area contributed by atoms with E-state index in [9.17, 15) is 4.79 Å². The number of piperazine rings is 1. The molecule has 0 radical (unpaired) electrons. The molecule has 2 aliphatic heterocycles. The molecule has 0 spiro atoms. The molecule has 3 rings (SSSR count). The molecule has 2 heterocycles. The lowest BCUT2D eigenvalue weighted by Gasteiger charge is -2.35. The van der Waals surface area contributed by atoms with E-state index in [0.29, 0.717) is 5.56 Å². The summed E-state index contributed by atoms with van der Waals surface area (Å²) in [6.45, 7) is 12.0. The predicted octanol–water partition coefficient (Wildman–Crippen LogP) is 1.44. The first kappa shape index (κ1) is 20.2. The van der Waals surface area contributed by atoms with Crippen LogP contribution < -0.4 is 10.4 Å². The Kier molecular flexibility index (Phi) is 5.32. The van der Waals surface area contributed by atoms with Crippen LogP contribution in [0.1, 0.15) is 38.1 Å². The number of carbonyl (C=O) groups excluding carboxylic acids is 1. The Balaban J connectivity index is 1.94. The summed E-state index contributed by atoms with van der Waals surface area (Å²) in [6, 6.07) is 6.02. The second kappa shape index (κ2) is 7.11. The SMILES string of the molecule is CN1CCN(c2ccc(B3OC(C)(C)C(C)(C)O3)cc2C(=O)N(C)C)CC1. The molecule has 7 heteroatoms. The van der Waals surface area contributed by atoms with Crippen LogP contribution in [-0.2, 0) is 9.31 Å². The highest BCUT2D eigenvalue weighted by atomic mass is 16.7. The van der Waals surface area contributed by atoms with Crippen LogP contribution in [0, 0.1) is 0 Å². The Morgan fingerprint density at radius 3 is 2.11 bits per heavy atom. The van der Waals surface area contributed by atoms with Crippen molar-refractivity contribution in [3.63, 3.8) is 0 Å². The van der Waals surface area contributed by atoms with Gasteiger partial charge in [-0.05, 0) is 52.3 Å². The Bertz CT molecular complexity index is 696. The summed E-state index contributed by atoms with van der Waals surface area (Å²) in [5.41, 5.74) is 1.77. The number of benzene rings is 1. The number of nitrogens with zero attached hydrogens (tertiary/aromatic N) is 3. The maximum absolute atomic E-state index is 12.9. The van der Waals surface area contributed by atoms with Gasteiger partial charge in [-0.2, -0.15) is 0 Å². The van der Waals surface area contributed by atoms with Crippen molar-refractivity contribution in [2.75, 3.05) is 52.2 Å². The molecule has 0 N–H and O–H groups in total. The number of amides is 1. The number of hydrogen-bond acceptors (Lipinski definition) is 5. The van der Waals surface area contributed by atoms with E-state index in [2.05, 4.69) is 16.8 Å². The Hall–Kier alpha value is -1.57. The van der Waals surface area contributed by atoms with Gasteiger partial charge < -0.3 is 24.0 Å². The van der Waals surface area contributed by atoms with Gasteiger partial charge in [-0.1, -0.05) is 6.07 Å². The van der Waals surface area contributed by atoms with Gasteiger partial charge in [0.2, 0.25) is 0 Å². The highest BCUT2D eigenvalue weighted by molar-refractivity contribution is 6.62. The molecule has 27 heavy (non-hydrogen) atoms. The highest BCUT2D eigenvalue weighted by Gasteiger charge is 2.51. The number of anilines is 1. The minimum atomic E-state index is -0.467. The van der Waals surface area contributed by atoms with Gasteiger partial charge in [0.15, 0.2) is 0 Å². The van der Waals surface area contributed by atoms with Crippen LogP contribution in [0.15, 0.2) is 18.2 Å². The third-order valence-corrected chi connectivity index (χ3v) is 6.03. The molecule has 148 valence electrons. The van der Waals surface area contributed by atoms with Gasteiger partial charge in [-0.15, -0.1) is 0 Å². The van der Waals surface area contributed by atoms with Crippen molar-refractivity contribution in [3.05, 3.63) is 23.8 Å². The van der Waals surface area contributed by atoms with Crippen LogP contribution in [0.5, 0.6) is 0 Å². The summed E-state index contributed by atoms with van der Waals surface area (Å²) in [7, 11) is 5.24. The highest BCUT2D eigenvalue weighted by Crippen LogP contribution is 2.36. The first-order valence-corrected chi connectivity index (χ1v) is 9.66. The molecule has 1 aromatic rings. The average molecular weight is 373 g/mol. The van der Waals surface area contributed by atoms with Crippen molar-refractivity contribution >= 4 is 24.2 Å². The summed E-state index contributed by atoms with van der Waals surface area (Å²) in [6.07, 6.45) is 0. The summed E-state index contributed by atoms with van der Waals surface area (Å²) >= 11 is 0. The molecule has 0 atom stereocenters. The number of carbonyl (C=O) groups is 1. The monoisotopic (exact) mass is 373 g/mol. The van der Waals surface area contributed by atoms with E-state index in [4.69, 9.17) is 9.31 Å². The van der Waals surface area contributed by atoms with Gasteiger partial charge in [0.1, 0.15) is 0 Å². The standard InChI is InChI=1S/C20H32BN3O3/c1-19(2)20(3,4)27-21(26-19)15-8-9-17(16(14-15)18(25)22(5)6)24-12-10-23(7)11-13-24/h8-9,14H,10-13H2,1-7H3. The normalized spacial score (nSPS) is 22.2. The summed E-state index contributed by atoms with van der Waals surface area (Å²) in [4.78, 5) is 19.1. The minimum absolute atomic E-state index is 0.00213. The molecule has 0 aliphatic carbocycles. The van der Waals surface area contributed by atoms with Gasteiger partial charge in [0.05, 0.1) is 16.8 Å². The first-order chi connectivity index (χ1) is 12.5. The first-order valence-electron chi connectivity index (χ1n) is 9.66. The zero-order valence-electron chi connectivity index (χ0n) is 17.7. The smallest absolute Gasteiger partial charge is 0.399 e. The fraction of sp³-hybridized carbons (Fsp3) is 0.650. The molecule has 0 saturated carbocycles. The van der Waals surface area contributed by atoms with Gasteiger partial charge in [0, 0.05) is 46.0 Å². The molecule has 0 unspecified atom stereocenters. The zero-order valence-corrected chi connectivity index (χ0v) is 17.7. The maximum atomic E-state index is 12.9. The van der Waals surface area contributed by atoms with E-state index < -0.39 is 18.3 Å². The van der Waals surface area contributed by atoms with Crippen molar-refractivity contribution in [1.29, 1.82) is 0 Å². The third kappa shape index (κ3) is 3.86. The van der Waals surface area contributed by atoms with E-state index >= 15 is 0 Å². The number of likely N-dealkylation sites (N-methyl/N-ethyl adjacent to an activating group) is 1. The summed E-state index contributed by atoms with van der Waals surface area (Å²) in [5, 5.41) is 0. The van der Waals surface area contributed by atoms with Gasteiger partial charge >= 0.3 is 7.12 Å². The molecule has 0 aromatic heterocycles. The van der Waals surface area contributed by atoms with E-state index in [1.165, 1.54) is 0 Å². The van der Waals surface area contributed by atoms with Crippen molar-refractivity contribution in [1.82, 2.24) is 9.80 Å². The molecule has 6 nitrogen and oxygen atoms in total. The molecule has 0 bridgehead atoms. The van der Waals surface area contributed by atoms with Crippen molar-refractivity contribution in [2.24, 2.45) is 0 Å². The lowest BCUT2D eigenvalue weighted by molar-refractivity contribution is 0.00578. The second-order valence-corrected chi connectivity index (χ2v) is 8.85. The molecular formula is C20H32BN3O3. The molecule has 2 saturated heterocycles. The Morgan fingerprint density at radius 1 is 1.04 bits per heavy atom. The van der Waals surface area contributed by atoms with E-state index in [-0.39, 0.29) is 5.91 Å². The topological polar surface area (TPSA) is 45.3 Å². The zero-order chi connectivity index (χ0) is 20.0. The van der Waals surface area contributed by atoms with Crippen LogP contribution in [0.4, 0.5) is 5.69 Å². The van der Waals surface area contributed by atoms with Gasteiger partial charge in [0.25, 0.3) is 5.91 Å². The largest absolute Gasteiger partial charge is 0.494 e. The Labute approximate surface area is 163 Å². The average Bonchev–Trinajstić information content (AvgIpc) is 2.82. The van der Waals surface area contributed by atoms with Crippen LogP contribution in [-0.4, -0.2) is 81.3 Å². The number of hydrogen-bond donors (Lipinski definition) is 0. The molecule has 2 fully saturated rings. The fourth-order valence-corrected chi connectivity index (χ4v) is 3.41. The minimum Gasteiger partial charge on any atom is -0.399 e. The lowest BCUT2D eigenvalue weighted by Crippen LogP contribution is -2.45. The maximum Gasteiger partial charge on any atom is 0.494 e. The van der Waals surface area contributed by atoms with Crippen molar-refractivity contribution < 1.29 is 14.1 Å². The summed E-state index contributed by atoms with van der Waals surface area (Å²) in [5.74, 6) is 0.00213. The van der Waals surface area contributed by atoms with Gasteiger partial charge in [-0.3, -0.25) is 4.79 Å². The quantitative estimate of drug-likeness (QED) is 0.751. The fourth-order valence-electron chi connectivity index (χ4n) is 3.41. The van der Waals surface area contributed by atoms with E-state index in [0.717, 1.165) is 37.3 Å². The van der Waals surface area contributed by atoms with Gasteiger partial charge in [-0.25, -0.2) is 0 Å². The molecule has 1 amide bonds. The third-order valence-electron chi connectivity index (χ3n) is 6.03. The predicted molar refractivity (Wildman–Crippen MR) is 110 cm³/mol. The molecule has 2 aliphatic rings. The lowest BCUT2D eigenvalue weighted by atomic mass is 9.78. The van der Waals surface area contributed by atoms with Crippen molar-refractivity contribution in [3.8, 4) is 0 Å². The van der Waals surface area contributed by atoms with E-state index in [1.807, 2.05) is 45.9 Å². The van der Waals surface area contributed by atoms with Crippen molar-refractivity contribution in [2.45, 2.75) is 38.9 Å². The molecular weight excluding hydrogens is 341 g/mol. The second-order valence-electron chi connectivity index (χ2n) is 8.85.